The third-order valence-corrected chi connectivity index (χ3v) is 8.78. The number of carboxylic acid groups (broad SMARTS) is 2. The topological polar surface area (TPSA) is 181 Å². The summed E-state index contributed by atoms with van der Waals surface area (Å²) in [4.78, 5) is 53.1. The molecule has 1 aliphatic carbocycles. The lowest BCUT2D eigenvalue weighted by Gasteiger charge is -2.36. The van der Waals surface area contributed by atoms with E-state index in [1.807, 2.05) is 4.90 Å². The van der Waals surface area contributed by atoms with Crippen molar-refractivity contribution in [1.82, 2.24) is 29.8 Å². The summed E-state index contributed by atoms with van der Waals surface area (Å²) in [7, 11) is 2.98. The molecule has 2 aromatic heterocycles. The molecule has 3 heterocycles. The molecule has 2 fully saturated rings. The lowest BCUT2D eigenvalue weighted by Crippen LogP contribution is -2.46. The van der Waals surface area contributed by atoms with E-state index in [9.17, 15) is 29.4 Å². The van der Waals surface area contributed by atoms with Crippen molar-refractivity contribution in [2.75, 3.05) is 45.3 Å². The summed E-state index contributed by atoms with van der Waals surface area (Å²) >= 11 is 0. The lowest BCUT2D eigenvalue weighted by molar-refractivity contribution is -0.141. The summed E-state index contributed by atoms with van der Waals surface area (Å²) in [6.07, 6.45) is 4.75. The minimum atomic E-state index is -1.33. The predicted molar refractivity (Wildman–Crippen MR) is 174 cm³/mol. The van der Waals surface area contributed by atoms with Crippen LogP contribution in [0.3, 0.4) is 0 Å². The highest BCUT2D eigenvalue weighted by Crippen LogP contribution is 2.38. The Hall–Kier alpha value is -5.51. The number of aromatic carboxylic acids is 1. The number of methoxy groups -OCH3 is 2. The van der Waals surface area contributed by atoms with Gasteiger partial charge < -0.3 is 34.5 Å². The molecule has 4 aromatic rings. The van der Waals surface area contributed by atoms with Crippen molar-refractivity contribution in [1.29, 1.82) is 0 Å². The Morgan fingerprint density at radius 1 is 1.02 bits per heavy atom. The fourth-order valence-electron chi connectivity index (χ4n) is 6.10. The number of aliphatic carboxylic acids is 1. The molecule has 258 valence electrons. The van der Waals surface area contributed by atoms with Crippen molar-refractivity contribution in [2.45, 2.75) is 44.4 Å². The number of pyridine rings is 1. The first-order chi connectivity index (χ1) is 23.5. The molecule has 0 radical (unpaired) electrons. The van der Waals surface area contributed by atoms with Crippen LogP contribution in [0.1, 0.15) is 40.5 Å². The molecule has 0 unspecified atom stereocenters. The van der Waals surface area contributed by atoms with Crippen molar-refractivity contribution < 1.29 is 38.5 Å². The molecule has 15 nitrogen and oxygen atoms in total. The van der Waals surface area contributed by atoms with E-state index in [-0.39, 0.29) is 30.0 Å². The smallest absolute Gasteiger partial charge is 0.341 e. The van der Waals surface area contributed by atoms with Gasteiger partial charge in [-0.1, -0.05) is 11.3 Å². The van der Waals surface area contributed by atoms with Crippen LogP contribution >= 0.6 is 0 Å². The van der Waals surface area contributed by atoms with E-state index in [2.05, 4.69) is 20.5 Å². The fourth-order valence-corrected chi connectivity index (χ4v) is 6.10. The minimum Gasteiger partial charge on any atom is -0.493 e. The summed E-state index contributed by atoms with van der Waals surface area (Å²) in [6, 6.07) is 6.73. The van der Waals surface area contributed by atoms with Crippen LogP contribution < -0.4 is 25.1 Å². The minimum absolute atomic E-state index is 0.0327. The zero-order valence-corrected chi connectivity index (χ0v) is 27.0. The number of hydrogen-bond acceptors (Lipinski definition) is 10. The third-order valence-electron chi connectivity index (χ3n) is 8.78. The number of fused-ring (bicyclic) bond motifs is 1. The number of ether oxygens (including phenoxy) is 2. The largest absolute Gasteiger partial charge is 0.493 e. The van der Waals surface area contributed by atoms with Crippen LogP contribution in [0.4, 0.5) is 10.1 Å². The number of aromatic nitrogens is 4. The maximum absolute atomic E-state index is 15.4. The van der Waals surface area contributed by atoms with Gasteiger partial charge in [0.15, 0.2) is 11.5 Å². The Kier molecular flexibility index (Phi) is 9.49. The average molecular weight is 678 g/mol. The Bertz CT molecular complexity index is 1970. The first-order valence-electron chi connectivity index (χ1n) is 15.8. The van der Waals surface area contributed by atoms with E-state index in [1.165, 1.54) is 25.1 Å². The van der Waals surface area contributed by atoms with Crippen LogP contribution in [-0.4, -0.2) is 99.0 Å². The molecule has 0 spiro atoms. The maximum atomic E-state index is 15.4. The van der Waals surface area contributed by atoms with Gasteiger partial charge in [-0.15, -0.1) is 5.10 Å². The van der Waals surface area contributed by atoms with Gasteiger partial charge >= 0.3 is 11.9 Å². The maximum Gasteiger partial charge on any atom is 0.341 e. The first-order valence-corrected chi connectivity index (χ1v) is 15.8. The van der Waals surface area contributed by atoms with Crippen LogP contribution in [0, 0.1) is 5.82 Å². The molecule has 3 N–H and O–H groups in total. The van der Waals surface area contributed by atoms with Gasteiger partial charge in [-0.05, 0) is 42.7 Å². The van der Waals surface area contributed by atoms with Crippen LogP contribution in [-0.2, 0) is 29.1 Å². The molecule has 6 rings (SSSR count). The number of nitrogens with one attached hydrogen (secondary N) is 1. The summed E-state index contributed by atoms with van der Waals surface area (Å²) in [5.41, 5.74) is 1.06. The van der Waals surface area contributed by atoms with Crippen LogP contribution in [0.2, 0.25) is 0 Å². The number of halogens is 1. The Morgan fingerprint density at radius 3 is 2.41 bits per heavy atom. The highest BCUT2D eigenvalue weighted by Gasteiger charge is 2.29. The number of piperazine rings is 1. The van der Waals surface area contributed by atoms with E-state index in [0.717, 1.165) is 18.9 Å². The zero-order chi connectivity index (χ0) is 34.8. The molecule has 1 aliphatic heterocycles. The van der Waals surface area contributed by atoms with Crippen molar-refractivity contribution in [2.24, 2.45) is 0 Å². The zero-order valence-electron chi connectivity index (χ0n) is 27.0. The number of hydrogen-bond donors (Lipinski definition) is 3. The third kappa shape index (κ3) is 7.33. The Labute approximate surface area is 279 Å². The van der Waals surface area contributed by atoms with E-state index in [0.29, 0.717) is 66.7 Å². The molecule has 1 atom stereocenters. The summed E-state index contributed by atoms with van der Waals surface area (Å²) in [6.45, 7) is 2.36. The van der Waals surface area contributed by atoms with Gasteiger partial charge in [0.05, 0.1) is 37.3 Å². The SMILES string of the molecule is COc1ccc(C[C@H](NC(=O)Cn2cc(CN3CCN(c4cc5c(cc4F)c(=O)c(C(=O)O)cn5C4CC4)CC3)nn2)C(=O)O)cc1OC. The summed E-state index contributed by atoms with van der Waals surface area (Å²) in [5.74, 6) is -2.69. The second-order valence-corrected chi connectivity index (χ2v) is 12.2. The van der Waals surface area contributed by atoms with Gasteiger partial charge in [-0.25, -0.2) is 18.7 Å². The Balaban J connectivity index is 1.05. The molecule has 2 aromatic carbocycles. The second kappa shape index (κ2) is 13.9. The number of rotatable bonds is 13. The number of carboxylic acids is 2. The molecule has 2 aliphatic rings. The van der Waals surface area contributed by atoms with Crippen LogP contribution in [0.25, 0.3) is 10.9 Å². The lowest BCUT2D eigenvalue weighted by atomic mass is 10.1. The van der Waals surface area contributed by atoms with Gasteiger partial charge in [-0.3, -0.25) is 14.5 Å². The van der Waals surface area contributed by atoms with E-state index >= 15 is 4.39 Å². The fraction of sp³-hybridized carbons (Fsp3) is 0.394. The normalized spacial score (nSPS) is 15.6. The number of nitrogens with zero attached hydrogens (tertiary/aromatic N) is 6. The molecular weight excluding hydrogens is 641 g/mol. The van der Waals surface area contributed by atoms with Crippen LogP contribution in [0.5, 0.6) is 11.5 Å². The number of amides is 1. The van der Waals surface area contributed by atoms with E-state index < -0.39 is 35.1 Å². The monoisotopic (exact) mass is 677 g/mol. The van der Waals surface area contributed by atoms with Crippen molar-refractivity contribution in [3.05, 3.63) is 75.6 Å². The van der Waals surface area contributed by atoms with Crippen LogP contribution in [0.15, 0.2) is 47.5 Å². The number of carbonyl (C=O) groups is 3. The van der Waals surface area contributed by atoms with Gasteiger partial charge in [0.2, 0.25) is 11.3 Å². The summed E-state index contributed by atoms with van der Waals surface area (Å²) in [5, 5.41) is 30.0. The second-order valence-electron chi connectivity index (χ2n) is 12.2. The average Bonchev–Trinajstić information content (AvgIpc) is 3.84. The van der Waals surface area contributed by atoms with Gasteiger partial charge in [0, 0.05) is 56.8 Å². The highest BCUT2D eigenvalue weighted by atomic mass is 19.1. The number of anilines is 1. The molecule has 49 heavy (non-hydrogen) atoms. The molecule has 1 saturated carbocycles. The van der Waals surface area contributed by atoms with Crippen molar-refractivity contribution >= 4 is 34.4 Å². The van der Waals surface area contributed by atoms with Gasteiger partial charge in [0.25, 0.3) is 0 Å². The number of benzene rings is 2. The number of carbonyl (C=O) groups excluding carboxylic acids is 1. The van der Waals surface area contributed by atoms with Gasteiger partial charge in [0.1, 0.15) is 24.0 Å². The highest BCUT2D eigenvalue weighted by molar-refractivity contribution is 5.93. The molecule has 16 heteroatoms. The predicted octanol–water partition coefficient (Wildman–Crippen LogP) is 1.92. The van der Waals surface area contributed by atoms with E-state index in [1.54, 1.807) is 35.0 Å². The van der Waals surface area contributed by atoms with Crippen molar-refractivity contribution in [3.8, 4) is 11.5 Å². The molecule has 1 saturated heterocycles. The molecular formula is C33H36FN7O8. The standard InChI is InChI=1S/C33H36FN7O8/c1-48-28-6-3-19(12-29(28)49-2)11-25(33(46)47)35-30(42)18-40-16-20(36-37-40)15-38-7-9-39(10-8-38)27-14-26-22(13-24(27)34)31(43)23(32(44)45)17-41(26)21-4-5-21/h3,6,12-14,16-17,21,25H,4-5,7-11,15,18H2,1-2H3,(H,35,42)(H,44,45)(H,46,47)/t25-/m0/s1. The molecule has 0 bridgehead atoms. The van der Waals surface area contributed by atoms with Crippen molar-refractivity contribution in [3.63, 3.8) is 0 Å². The summed E-state index contributed by atoms with van der Waals surface area (Å²) < 4.78 is 29.0. The van der Waals surface area contributed by atoms with E-state index in [4.69, 9.17) is 9.47 Å². The quantitative estimate of drug-likeness (QED) is 0.187. The first kappa shape index (κ1) is 33.4. The van der Waals surface area contributed by atoms with Gasteiger partial charge in [-0.2, -0.15) is 0 Å². The Morgan fingerprint density at radius 2 is 1.76 bits per heavy atom. The molecule has 1 amide bonds.